The summed E-state index contributed by atoms with van der Waals surface area (Å²) >= 11 is 0. The maximum atomic E-state index is 15.3. The van der Waals surface area contributed by atoms with Gasteiger partial charge in [0.25, 0.3) is 0 Å². The first-order valence-electron chi connectivity index (χ1n) is 22.8. The summed E-state index contributed by atoms with van der Waals surface area (Å²) in [6, 6.07) is 4.18. The largest absolute Gasteiger partial charge is 0.508 e. The van der Waals surface area contributed by atoms with Gasteiger partial charge in [0.05, 0.1) is 29.5 Å². The van der Waals surface area contributed by atoms with Crippen molar-refractivity contribution in [3.63, 3.8) is 0 Å². The van der Waals surface area contributed by atoms with E-state index < -0.39 is 80.1 Å². The van der Waals surface area contributed by atoms with Crippen LogP contribution in [-0.2, 0) is 9.53 Å². The number of phenolic OH excluding ortho intramolecular Hbond substituents is 2. The first-order chi connectivity index (χ1) is 27.7. The van der Waals surface area contributed by atoms with E-state index in [1.54, 1.807) is 6.08 Å². The minimum Gasteiger partial charge on any atom is -0.508 e. The molecule has 1 aromatic rings. The molecule has 59 heavy (non-hydrogen) atoms. The minimum atomic E-state index is -1.75. The minimum absolute atomic E-state index is 0.0428. The molecule has 0 amide bonds. The molecule has 1 aromatic carbocycles. The van der Waals surface area contributed by atoms with Gasteiger partial charge in [-0.1, -0.05) is 59.1 Å². The van der Waals surface area contributed by atoms with Crippen LogP contribution in [0.3, 0.4) is 0 Å². The number of ketones is 1. The van der Waals surface area contributed by atoms with E-state index in [9.17, 15) is 40.9 Å². The van der Waals surface area contributed by atoms with Crippen LogP contribution in [0.1, 0.15) is 123 Å². The molecule has 12 rings (SSSR count). The highest BCUT2D eigenvalue weighted by Gasteiger charge is 2.87. The highest BCUT2D eigenvalue weighted by atomic mass is 16.6. The Morgan fingerprint density at radius 3 is 2.25 bits per heavy atom. The molecule has 10 aliphatic carbocycles. The second kappa shape index (κ2) is 12.4. The van der Waals surface area contributed by atoms with Crippen molar-refractivity contribution in [2.24, 2.45) is 50.7 Å². The third-order valence-electron chi connectivity index (χ3n) is 20.1. The maximum Gasteiger partial charge on any atom is 0.160 e. The lowest BCUT2D eigenvalue weighted by Crippen LogP contribution is -2.74. The SMILES string of the molecule is CCNCC1=C[C@@]2(C)CC[C@@H]1[C@]1(O[C@H]3C[C@@]4(O)C5=CC(=O)[C@@H]6[C@@H](c7cc(O)cc(O)c7)[C@]7(O)CC[C@@]5(C5(CCCC5)C[C@]4(C)[C@H]3[C@]1(O)CCO)[C@@]6(C)C[C@@H]7O)[C@@H](O)[C@H]2C. The molecule has 6 bridgehead atoms. The number of aliphatic hydroxyl groups is 6. The molecule has 0 unspecified atom stereocenters. The molecule has 3 spiro atoms. The number of hydrogen-bond donors (Lipinski definition) is 9. The van der Waals surface area contributed by atoms with E-state index in [1.165, 1.54) is 18.2 Å². The Morgan fingerprint density at radius 1 is 0.898 bits per heavy atom. The number of phenols is 2. The van der Waals surface area contributed by atoms with Gasteiger partial charge in [0.15, 0.2) is 5.78 Å². The second-order valence-corrected chi connectivity index (χ2v) is 22.0. The summed E-state index contributed by atoms with van der Waals surface area (Å²) in [5.74, 6) is -3.70. The van der Waals surface area contributed by atoms with Crippen LogP contribution in [0.15, 0.2) is 41.5 Å². The van der Waals surface area contributed by atoms with E-state index in [2.05, 4.69) is 46.0 Å². The molecule has 9 N–H and O–H groups in total. The van der Waals surface area contributed by atoms with Crippen LogP contribution >= 0.6 is 0 Å². The first kappa shape index (κ1) is 40.7. The van der Waals surface area contributed by atoms with Gasteiger partial charge in [-0.2, -0.15) is 0 Å². The summed E-state index contributed by atoms with van der Waals surface area (Å²) in [6.45, 7) is 11.5. The topological polar surface area (TPSA) is 200 Å². The molecule has 16 atom stereocenters. The first-order valence-corrected chi connectivity index (χ1v) is 22.8. The van der Waals surface area contributed by atoms with E-state index in [1.807, 2.05) is 0 Å². The predicted octanol–water partition coefficient (Wildman–Crippen LogP) is 4.52. The van der Waals surface area contributed by atoms with Crippen molar-refractivity contribution in [2.45, 2.75) is 158 Å². The number of nitrogens with one attached hydrogen (secondary N) is 1. The maximum absolute atomic E-state index is 15.3. The number of allylic oxidation sites excluding steroid dienone is 2. The third kappa shape index (κ3) is 4.45. The Labute approximate surface area is 348 Å². The highest BCUT2D eigenvalue weighted by Crippen LogP contribution is 2.85. The zero-order chi connectivity index (χ0) is 42.1. The monoisotopic (exact) mass is 817 g/mol. The van der Waals surface area contributed by atoms with Crippen molar-refractivity contribution in [1.82, 2.24) is 5.32 Å². The lowest BCUT2D eigenvalue weighted by Gasteiger charge is -2.73. The van der Waals surface area contributed by atoms with Crippen LogP contribution in [0.5, 0.6) is 11.5 Å². The number of hydrogen-bond acceptors (Lipinski definition) is 11. The fourth-order valence-corrected chi connectivity index (χ4v) is 17.9. The van der Waals surface area contributed by atoms with Crippen molar-refractivity contribution in [3.05, 3.63) is 47.1 Å². The van der Waals surface area contributed by atoms with Gasteiger partial charge in [-0.15, -0.1) is 0 Å². The Kier molecular flexibility index (Phi) is 8.57. The van der Waals surface area contributed by atoms with Gasteiger partial charge in [0.2, 0.25) is 0 Å². The Hall–Kier alpha value is -2.35. The number of carbonyl (C=O) groups excluding carboxylic acids is 1. The Balaban J connectivity index is 1.18. The Bertz CT molecular complexity index is 2010. The lowest BCUT2D eigenvalue weighted by atomic mass is 9.31. The summed E-state index contributed by atoms with van der Waals surface area (Å²) in [5.41, 5.74) is -8.14. The number of benzene rings is 1. The van der Waals surface area contributed by atoms with E-state index in [0.29, 0.717) is 36.9 Å². The molecular formula is C48H67NO10. The average Bonchev–Trinajstić information content (AvgIpc) is 3.74. The number of fused-ring (bicyclic) bond motifs is 8. The highest BCUT2D eigenvalue weighted by molar-refractivity contribution is 5.96. The van der Waals surface area contributed by atoms with Crippen molar-refractivity contribution in [1.29, 1.82) is 0 Å². The van der Waals surface area contributed by atoms with Crippen LogP contribution in [0.25, 0.3) is 0 Å². The van der Waals surface area contributed by atoms with Crippen molar-refractivity contribution in [3.8, 4) is 11.5 Å². The molecule has 1 heterocycles. The lowest BCUT2D eigenvalue weighted by molar-refractivity contribution is -0.261. The Morgan fingerprint density at radius 2 is 1.59 bits per heavy atom. The predicted molar refractivity (Wildman–Crippen MR) is 218 cm³/mol. The molecular weight excluding hydrogens is 751 g/mol. The summed E-state index contributed by atoms with van der Waals surface area (Å²) in [5, 5.41) is 102. The number of aromatic hydroxyl groups is 2. The number of carbonyl (C=O) groups is 1. The molecule has 11 heteroatoms. The molecule has 1 aliphatic heterocycles. The summed E-state index contributed by atoms with van der Waals surface area (Å²) in [4.78, 5) is 15.3. The normalized spacial score (nSPS) is 52.6. The van der Waals surface area contributed by atoms with Gasteiger partial charge in [0, 0.05) is 66.6 Å². The van der Waals surface area contributed by atoms with Gasteiger partial charge in [-0.3, -0.25) is 4.79 Å². The zero-order valence-electron chi connectivity index (χ0n) is 35.5. The van der Waals surface area contributed by atoms with E-state index in [4.69, 9.17) is 4.74 Å². The van der Waals surface area contributed by atoms with E-state index in [0.717, 1.165) is 44.2 Å². The fourth-order valence-electron chi connectivity index (χ4n) is 17.9. The quantitative estimate of drug-likeness (QED) is 0.183. The van der Waals surface area contributed by atoms with E-state index >= 15 is 4.79 Å². The molecule has 7 saturated carbocycles. The number of aliphatic hydroxyl groups excluding tert-OH is 3. The fraction of sp³-hybridized carbons (Fsp3) is 0.771. The number of ether oxygens (including phenoxy) is 1. The van der Waals surface area contributed by atoms with Gasteiger partial charge in [0.1, 0.15) is 22.7 Å². The van der Waals surface area contributed by atoms with Gasteiger partial charge in [-0.05, 0) is 109 Å². The summed E-state index contributed by atoms with van der Waals surface area (Å²) in [6.07, 6.45) is 7.25. The van der Waals surface area contributed by atoms with Crippen molar-refractivity contribution >= 4 is 5.78 Å². The van der Waals surface area contributed by atoms with Crippen molar-refractivity contribution < 1.29 is 50.4 Å². The zero-order valence-corrected chi connectivity index (χ0v) is 35.5. The van der Waals surface area contributed by atoms with Crippen LogP contribution in [0.4, 0.5) is 0 Å². The molecule has 11 aliphatic rings. The molecule has 8 fully saturated rings. The van der Waals surface area contributed by atoms with E-state index in [-0.39, 0.29) is 66.8 Å². The van der Waals surface area contributed by atoms with Crippen LogP contribution < -0.4 is 5.32 Å². The van der Waals surface area contributed by atoms with Crippen LogP contribution in [0.2, 0.25) is 0 Å². The molecule has 324 valence electrons. The van der Waals surface area contributed by atoms with Crippen LogP contribution in [-0.4, -0.2) is 107 Å². The van der Waals surface area contributed by atoms with Gasteiger partial charge < -0.3 is 50.9 Å². The summed E-state index contributed by atoms with van der Waals surface area (Å²) < 4.78 is 7.47. The molecule has 0 aromatic heterocycles. The third-order valence-corrected chi connectivity index (χ3v) is 20.1. The van der Waals surface area contributed by atoms with Gasteiger partial charge in [-0.25, -0.2) is 0 Å². The second-order valence-electron chi connectivity index (χ2n) is 22.0. The molecule has 1 saturated heterocycles. The molecule has 11 nitrogen and oxygen atoms in total. The summed E-state index contributed by atoms with van der Waals surface area (Å²) in [7, 11) is 0. The van der Waals surface area contributed by atoms with Crippen molar-refractivity contribution in [2.75, 3.05) is 19.7 Å². The average molecular weight is 818 g/mol. The number of rotatable bonds is 6. The molecule has 0 radical (unpaired) electrons. The smallest absolute Gasteiger partial charge is 0.160 e. The van der Waals surface area contributed by atoms with Gasteiger partial charge >= 0.3 is 0 Å². The number of likely N-dealkylation sites (N-methyl/N-ethyl adjacent to an activating group) is 1. The standard InChI is InChI=1S/C48H67NO10/c1-6-49-24-28-21-40(3)12-9-31(28)48(39(55)26(40)2)46(57,15-16-50)38-33(59-48)22-47(58)34-20-32(53)37-36(27-17-29(51)19-30(52)18-27)44(56)13-14-45(34,41(37,4)23-35(44)54)43(10-7-8-11-43)25-42(38,47)5/h17-21,26,31,33,35-39,49-52,54-58H,6-16,22-25H2,1-5H3/t26-,31+,33+,35+,36-,37-,38+,39+,40-,41+,42-,44+,45+,46-,47-,48+/m1/s1. The van der Waals surface area contributed by atoms with Crippen LogP contribution in [0, 0.1) is 50.7 Å².